The van der Waals surface area contributed by atoms with Crippen LogP contribution in [0.3, 0.4) is 0 Å². The number of ether oxygens (including phenoxy) is 1. The minimum atomic E-state index is -0.365. The lowest BCUT2D eigenvalue weighted by Crippen LogP contribution is -2.29. The molecule has 0 amide bonds. The van der Waals surface area contributed by atoms with Crippen LogP contribution in [0.15, 0.2) is 54.6 Å². The Morgan fingerprint density at radius 1 is 1.21 bits per heavy atom. The summed E-state index contributed by atoms with van der Waals surface area (Å²) in [7, 11) is 1.68. The fraction of sp³-hybridized carbons (Fsp3) is 0.263. The Kier molecular flexibility index (Phi) is 3.49. The molecule has 0 radical (unpaired) electrons. The maximum absolute atomic E-state index is 10.9. The van der Waals surface area contributed by atoms with E-state index in [1.807, 2.05) is 24.3 Å². The lowest BCUT2D eigenvalue weighted by molar-refractivity contribution is -0.384. The lowest BCUT2D eigenvalue weighted by atomic mass is 9.77. The largest absolute Gasteiger partial charge is 0.495 e. The molecule has 0 bridgehead atoms. The molecule has 0 saturated heterocycles. The zero-order chi connectivity index (χ0) is 16.7. The van der Waals surface area contributed by atoms with E-state index >= 15 is 0 Å². The van der Waals surface area contributed by atoms with E-state index in [1.165, 1.54) is 5.56 Å². The summed E-state index contributed by atoms with van der Waals surface area (Å²) in [4.78, 5) is 10.5. The first kappa shape index (κ1) is 14.8. The van der Waals surface area contributed by atoms with E-state index in [9.17, 15) is 10.1 Å². The van der Waals surface area contributed by atoms with Crippen molar-refractivity contribution in [2.24, 2.45) is 5.92 Å². The van der Waals surface area contributed by atoms with Crippen LogP contribution in [-0.4, -0.2) is 12.0 Å². The molecule has 1 aliphatic carbocycles. The first-order chi connectivity index (χ1) is 11.7. The molecule has 0 unspecified atom stereocenters. The molecule has 1 N–H and O–H groups in total. The number of methoxy groups -OCH3 is 1. The number of nitrogens with zero attached hydrogens (tertiary/aromatic N) is 1. The maximum Gasteiger partial charge on any atom is 0.269 e. The molecule has 0 fully saturated rings. The van der Waals surface area contributed by atoms with Gasteiger partial charge in [0.15, 0.2) is 0 Å². The van der Waals surface area contributed by atoms with E-state index in [2.05, 4.69) is 23.5 Å². The quantitative estimate of drug-likeness (QED) is 0.516. The standard InChI is InChI=1S/C19H18N2O3/c1-24-17-7-3-6-16-14-4-2-5-15(14)18(20-19(16)17)12-8-10-13(11-9-12)21(22)23/h2-4,6-11,14-15,18,20H,5H2,1H3/t14-,15-,18-/m1/s1. The first-order valence-corrected chi connectivity index (χ1v) is 8.03. The van der Waals surface area contributed by atoms with Gasteiger partial charge in [-0.1, -0.05) is 36.4 Å². The highest BCUT2D eigenvalue weighted by molar-refractivity contribution is 5.67. The van der Waals surface area contributed by atoms with Gasteiger partial charge in [0.1, 0.15) is 5.75 Å². The molecule has 0 aromatic heterocycles. The Bertz CT molecular complexity index is 814. The summed E-state index contributed by atoms with van der Waals surface area (Å²) in [5.41, 5.74) is 3.46. The van der Waals surface area contributed by atoms with Crippen molar-refractivity contribution in [3.05, 3.63) is 75.9 Å². The monoisotopic (exact) mass is 322 g/mol. The van der Waals surface area contributed by atoms with Gasteiger partial charge in [-0.25, -0.2) is 0 Å². The van der Waals surface area contributed by atoms with Crippen LogP contribution in [-0.2, 0) is 0 Å². The lowest BCUT2D eigenvalue weighted by Gasteiger charge is -2.38. The van der Waals surface area contributed by atoms with E-state index in [4.69, 9.17) is 4.74 Å². The number of hydrogen-bond acceptors (Lipinski definition) is 4. The van der Waals surface area contributed by atoms with Crippen LogP contribution in [0.25, 0.3) is 0 Å². The summed E-state index contributed by atoms with van der Waals surface area (Å²) >= 11 is 0. The maximum atomic E-state index is 10.9. The highest BCUT2D eigenvalue weighted by Crippen LogP contribution is 2.52. The molecule has 0 saturated carbocycles. The summed E-state index contributed by atoms with van der Waals surface area (Å²) in [6, 6.07) is 13.1. The van der Waals surface area contributed by atoms with Crippen molar-refractivity contribution in [1.82, 2.24) is 0 Å². The van der Waals surface area contributed by atoms with Gasteiger partial charge < -0.3 is 10.1 Å². The number of allylic oxidation sites excluding steroid dienone is 2. The normalized spacial score (nSPS) is 24.0. The third kappa shape index (κ3) is 2.24. The highest BCUT2D eigenvalue weighted by Gasteiger charge is 2.38. The van der Waals surface area contributed by atoms with Crippen molar-refractivity contribution in [3.8, 4) is 5.75 Å². The first-order valence-electron chi connectivity index (χ1n) is 8.03. The van der Waals surface area contributed by atoms with Crippen LogP contribution >= 0.6 is 0 Å². The SMILES string of the molecule is COc1cccc2c1N[C@H](c1ccc([N+](=O)[O-])cc1)[C@@H]1CC=C[C@@H]21. The molecule has 122 valence electrons. The fourth-order valence-electron chi connectivity index (χ4n) is 3.90. The Morgan fingerprint density at radius 2 is 2.00 bits per heavy atom. The molecule has 2 aliphatic rings. The number of nitro benzene ring substituents is 1. The van der Waals surface area contributed by atoms with E-state index in [0.29, 0.717) is 11.8 Å². The van der Waals surface area contributed by atoms with Gasteiger partial charge in [0.2, 0.25) is 0 Å². The Labute approximate surface area is 140 Å². The van der Waals surface area contributed by atoms with E-state index in [0.717, 1.165) is 23.4 Å². The Morgan fingerprint density at radius 3 is 2.71 bits per heavy atom. The second-order valence-electron chi connectivity index (χ2n) is 6.25. The molecule has 5 nitrogen and oxygen atoms in total. The third-order valence-corrected chi connectivity index (χ3v) is 5.04. The van der Waals surface area contributed by atoms with Gasteiger partial charge >= 0.3 is 0 Å². The van der Waals surface area contributed by atoms with Crippen molar-refractivity contribution < 1.29 is 9.66 Å². The molecule has 24 heavy (non-hydrogen) atoms. The van der Waals surface area contributed by atoms with Gasteiger partial charge in [-0.3, -0.25) is 10.1 Å². The van der Waals surface area contributed by atoms with Gasteiger partial charge in [0, 0.05) is 18.1 Å². The van der Waals surface area contributed by atoms with Crippen LogP contribution in [0, 0.1) is 16.0 Å². The molecular formula is C19H18N2O3. The number of rotatable bonds is 3. The number of nitrogens with one attached hydrogen (secondary N) is 1. The van der Waals surface area contributed by atoms with E-state index in [-0.39, 0.29) is 16.7 Å². The summed E-state index contributed by atoms with van der Waals surface area (Å²) < 4.78 is 5.52. The molecule has 0 spiro atoms. The van der Waals surface area contributed by atoms with Crippen molar-refractivity contribution in [1.29, 1.82) is 0 Å². The number of anilines is 1. The Hall–Kier alpha value is -2.82. The molecule has 2 aromatic carbocycles. The minimum absolute atomic E-state index is 0.106. The topological polar surface area (TPSA) is 64.4 Å². The van der Waals surface area contributed by atoms with Crippen LogP contribution in [0.2, 0.25) is 0 Å². The molecule has 1 aliphatic heterocycles. The molecule has 1 heterocycles. The average molecular weight is 322 g/mol. The average Bonchev–Trinajstić information content (AvgIpc) is 3.10. The number of para-hydroxylation sites is 1. The van der Waals surface area contributed by atoms with Gasteiger partial charge in [-0.05, 0) is 29.5 Å². The van der Waals surface area contributed by atoms with Crippen molar-refractivity contribution in [3.63, 3.8) is 0 Å². The molecule has 4 rings (SSSR count). The number of benzene rings is 2. The second kappa shape index (κ2) is 5.67. The molecule has 2 aromatic rings. The zero-order valence-corrected chi connectivity index (χ0v) is 13.3. The van der Waals surface area contributed by atoms with Gasteiger partial charge in [0.05, 0.1) is 23.8 Å². The molecule has 5 heteroatoms. The van der Waals surface area contributed by atoms with E-state index in [1.54, 1.807) is 19.2 Å². The molecular weight excluding hydrogens is 304 g/mol. The summed E-state index contributed by atoms with van der Waals surface area (Å²) in [5.74, 6) is 1.58. The van der Waals surface area contributed by atoms with Crippen LogP contribution in [0.1, 0.15) is 29.5 Å². The minimum Gasteiger partial charge on any atom is -0.495 e. The number of nitro groups is 1. The van der Waals surface area contributed by atoms with Crippen LogP contribution < -0.4 is 10.1 Å². The van der Waals surface area contributed by atoms with Crippen molar-refractivity contribution in [2.45, 2.75) is 18.4 Å². The summed E-state index contributed by atoms with van der Waals surface area (Å²) in [6.07, 6.45) is 5.49. The highest BCUT2D eigenvalue weighted by atomic mass is 16.6. The molecule has 3 atom stereocenters. The van der Waals surface area contributed by atoms with Gasteiger partial charge in [-0.15, -0.1) is 0 Å². The predicted molar refractivity (Wildman–Crippen MR) is 92.4 cm³/mol. The van der Waals surface area contributed by atoms with Crippen LogP contribution in [0.5, 0.6) is 5.75 Å². The number of hydrogen-bond donors (Lipinski definition) is 1. The smallest absolute Gasteiger partial charge is 0.269 e. The number of fused-ring (bicyclic) bond motifs is 3. The van der Waals surface area contributed by atoms with Gasteiger partial charge in [0.25, 0.3) is 5.69 Å². The second-order valence-corrected chi connectivity index (χ2v) is 6.25. The number of non-ortho nitro benzene ring substituents is 1. The zero-order valence-electron chi connectivity index (χ0n) is 13.3. The summed E-state index contributed by atoms with van der Waals surface area (Å²) in [6.45, 7) is 0. The van der Waals surface area contributed by atoms with E-state index < -0.39 is 0 Å². The predicted octanol–water partition coefficient (Wildman–Crippen LogP) is 4.43. The summed E-state index contributed by atoms with van der Waals surface area (Å²) in [5, 5.41) is 14.5. The van der Waals surface area contributed by atoms with Crippen molar-refractivity contribution >= 4 is 11.4 Å². The fourth-order valence-corrected chi connectivity index (χ4v) is 3.90. The third-order valence-electron chi connectivity index (χ3n) is 5.04. The Balaban J connectivity index is 1.76. The van der Waals surface area contributed by atoms with Crippen molar-refractivity contribution in [2.75, 3.05) is 12.4 Å². The van der Waals surface area contributed by atoms with Gasteiger partial charge in [-0.2, -0.15) is 0 Å². The van der Waals surface area contributed by atoms with Crippen LogP contribution in [0.4, 0.5) is 11.4 Å².